The minimum absolute atomic E-state index is 0.227. The van der Waals surface area contributed by atoms with Gasteiger partial charge < -0.3 is 10.1 Å². The highest BCUT2D eigenvalue weighted by Gasteiger charge is 2.34. The first kappa shape index (κ1) is 22.5. The number of sulfonamides is 1. The van der Waals surface area contributed by atoms with Crippen LogP contribution in [0.2, 0.25) is 0 Å². The number of halogens is 4. The number of hydrogen-bond donors (Lipinski definition) is 1. The molecule has 0 aromatic heterocycles. The largest absolute Gasteiger partial charge is 0.484 e. The molecular formula is C18H18F4N2O4S. The van der Waals surface area contributed by atoms with E-state index in [1.807, 2.05) is 0 Å². The van der Waals surface area contributed by atoms with Crippen molar-refractivity contribution in [2.45, 2.75) is 13.1 Å². The first-order chi connectivity index (χ1) is 13.4. The Balaban J connectivity index is 2.00. The van der Waals surface area contributed by atoms with Gasteiger partial charge in [0.1, 0.15) is 11.6 Å². The van der Waals surface area contributed by atoms with Gasteiger partial charge in [0, 0.05) is 12.2 Å². The van der Waals surface area contributed by atoms with Crippen LogP contribution in [0.5, 0.6) is 5.75 Å². The third-order valence-electron chi connectivity index (χ3n) is 3.74. The normalized spacial score (nSPS) is 11.8. The number of ether oxygens (including phenoxy) is 1. The SMILES string of the molecule is CCN(c1ccc(OCC(=O)Nc2ccc(F)c(C(F)(F)F)c2)cc1)S(C)(=O)=O. The summed E-state index contributed by atoms with van der Waals surface area (Å²) < 4.78 is 81.2. The fourth-order valence-electron chi connectivity index (χ4n) is 2.48. The molecule has 2 aromatic carbocycles. The number of carbonyl (C=O) groups is 1. The monoisotopic (exact) mass is 434 g/mol. The van der Waals surface area contributed by atoms with Gasteiger partial charge in [-0.15, -0.1) is 0 Å². The van der Waals surface area contributed by atoms with Crippen LogP contribution in [0.25, 0.3) is 0 Å². The fraction of sp³-hybridized carbons (Fsp3) is 0.278. The zero-order valence-corrected chi connectivity index (χ0v) is 16.3. The molecule has 0 aliphatic heterocycles. The average molecular weight is 434 g/mol. The van der Waals surface area contributed by atoms with Gasteiger partial charge in [-0.3, -0.25) is 9.10 Å². The molecule has 0 aliphatic carbocycles. The Morgan fingerprint density at radius 2 is 1.76 bits per heavy atom. The van der Waals surface area contributed by atoms with Gasteiger partial charge in [-0.2, -0.15) is 13.2 Å². The van der Waals surface area contributed by atoms with Crippen LogP contribution in [0.15, 0.2) is 42.5 Å². The van der Waals surface area contributed by atoms with Crippen LogP contribution in [0, 0.1) is 5.82 Å². The number of carbonyl (C=O) groups excluding carboxylic acids is 1. The molecule has 0 spiro atoms. The summed E-state index contributed by atoms with van der Waals surface area (Å²) in [6.07, 6.45) is -3.81. The second-order valence-corrected chi connectivity index (χ2v) is 7.86. The van der Waals surface area contributed by atoms with Gasteiger partial charge in [0.15, 0.2) is 6.61 Å². The molecule has 0 radical (unpaired) electrons. The molecule has 11 heteroatoms. The van der Waals surface area contributed by atoms with Gasteiger partial charge >= 0.3 is 6.18 Å². The summed E-state index contributed by atoms with van der Waals surface area (Å²) in [7, 11) is -3.44. The van der Waals surface area contributed by atoms with Crippen LogP contribution in [0.3, 0.4) is 0 Å². The van der Waals surface area contributed by atoms with Crippen LogP contribution in [0.4, 0.5) is 28.9 Å². The second kappa shape index (κ2) is 8.68. The average Bonchev–Trinajstić information content (AvgIpc) is 2.61. The molecule has 0 unspecified atom stereocenters. The quantitative estimate of drug-likeness (QED) is 0.675. The number of anilines is 2. The van der Waals surface area contributed by atoms with Gasteiger partial charge in [-0.05, 0) is 49.4 Å². The Kier molecular flexibility index (Phi) is 6.73. The van der Waals surface area contributed by atoms with E-state index in [1.165, 1.54) is 28.6 Å². The second-order valence-electron chi connectivity index (χ2n) is 5.95. The molecule has 0 saturated heterocycles. The van der Waals surface area contributed by atoms with Crippen molar-refractivity contribution < 1.29 is 35.5 Å². The molecule has 0 atom stereocenters. The van der Waals surface area contributed by atoms with Crippen molar-refractivity contribution in [1.29, 1.82) is 0 Å². The molecule has 0 saturated carbocycles. The molecule has 1 N–H and O–H groups in total. The maximum atomic E-state index is 13.3. The van der Waals surface area contributed by atoms with Crippen LogP contribution >= 0.6 is 0 Å². The third-order valence-corrected chi connectivity index (χ3v) is 5.01. The number of hydrogen-bond acceptors (Lipinski definition) is 4. The lowest BCUT2D eigenvalue weighted by Gasteiger charge is -2.20. The summed E-state index contributed by atoms with van der Waals surface area (Å²) in [5.74, 6) is -1.94. The minimum Gasteiger partial charge on any atom is -0.484 e. The van der Waals surface area contributed by atoms with Gasteiger partial charge in [-0.1, -0.05) is 0 Å². The maximum absolute atomic E-state index is 13.3. The highest BCUT2D eigenvalue weighted by Crippen LogP contribution is 2.33. The Morgan fingerprint density at radius 1 is 1.14 bits per heavy atom. The van der Waals surface area contributed by atoms with Crippen molar-refractivity contribution in [2.24, 2.45) is 0 Å². The zero-order valence-electron chi connectivity index (χ0n) is 15.5. The molecule has 0 fully saturated rings. The van der Waals surface area contributed by atoms with Gasteiger partial charge in [-0.25, -0.2) is 12.8 Å². The van der Waals surface area contributed by atoms with Crippen molar-refractivity contribution in [3.8, 4) is 5.75 Å². The van der Waals surface area contributed by atoms with Crippen molar-refractivity contribution in [3.63, 3.8) is 0 Å². The molecule has 0 bridgehead atoms. The highest BCUT2D eigenvalue weighted by molar-refractivity contribution is 7.92. The van der Waals surface area contributed by atoms with Crippen molar-refractivity contribution in [2.75, 3.05) is 29.0 Å². The van der Waals surface area contributed by atoms with E-state index >= 15 is 0 Å². The van der Waals surface area contributed by atoms with E-state index in [0.717, 1.165) is 12.3 Å². The van der Waals surface area contributed by atoms with Crippen LogP contribution < -0.4 is 14.4 Å². The van der Waals surface area contributed by atoms with Crippen LogP contribution in [-0.2, 0) is 21.0 Å². The Hall–Kier alpha value is -2.82. The summed E-state index contributed by atoms with van der Waals surface area (Å²) in [5, 5.41) is 2.19. The standard InChI is InChI=1S/C18H18F4N2O4S/c1-3-24(29(2,26)27)13-5-7-14(8-6-13)28-11-17(25)23-12-4-9-16(19)15(10-12)18(20,21)22/h4-10H,3,11H2,1-2H3,(H,23,25). The van der Waals surface area contributed by atoms with Crippen LogP contribution in [-0.4, -0.2) is 33.7 Å². The summed E-state index contributed by atoms with van der Waals surface area (Å²) in [4.78, 5) is 11.9. The first-order valence-corrected chi connectivity index (χ1v) is 10.1. The smallest absolute Gasteiger partial charge is 0.419 e. The van der Waals surface area contributed by atoms with E-state index in [9.17, 15) is 30.8 Å². The Bertz CT molecular complexity index is 976. The van der Waals surface area contributed by atoms with E-state index in [0.29, 0.717) is 17.8 Å². The number of alkyl halides is 3. The molecule has 0 heterocycles. The number of benzene rings is 2. The molecule has 2 aromatic rings. The summed E-state index contributed by atoms with van der Waals surface area (Å²) >= 11 is 0. The number of amides is 1. The van der Waals surface area contributed by atoms with Gasteiger partial charge in [0.25, 0.3) is 5.91 Å². The molecule has 2 rings (SSSR count). The number of rotatable bonds is 7. The Labute approximate surface area is 165 Å². The summed E-state index contributed by atoms with van der Waals surface area (Å²) in [5.41, 5.74) is -1.30. The molecular weight excluding hydrogens is 416 g/mol. The van der Waals surface area contributed by atoms with E-state index in [-0.39, 0.29) is 18.0 Å². The van der Waals surface area contributed by atoms with E-state index in [2.05, 4.69) is 5.32 Å². The zero-order chi connectivity index (χ0) is 21.8. The number of nitrogens with zero attached hydrogens (tertiary/aromatic N) is 1. The molecule has 0 aliphatic rings. The summed E-state index contributed by atoms with van der Waals surface area (Å²) in [6, 6.07) is 8.00. The topological polar surface area (TPSA) is 75.7 Å². The lowest BCUT2D eigenvalue weighted by molar-refractivity contribution is -0.140. The lowest BCUT2D eigenvalue weighted by atomic mass is 10.2. The fourth-order valence-corrected chi connectivity index (χ4v) is 3.46. The molecule has 29 heavy (non-hydrogen) atoms. The van der Waals surface area contributed by atoms with E-state index < -0.39 is 40.1 Å². The third kappa shape index (κ3) is 6.08. The first-order valence-electron chi connectivity index (χ1n) is 8.29. The predicted octanol–water partition coefficient (Wildman–Crippen LogP) is 3.65. The summed E-state index contributed by atoms with van der Waals surface area (Å²) in [6.45, 7) is 1.40. The van der Waals surface area contributed by atoms with E-state index in [1.54, 1.807) is 6.92 Å². The minimum atomic E-state index is -4.89. The molecule has 1 amide bonds. The number of nitrogens with one attached hydrogen (secondary N) is 1. The predicted molar refractivity (Wildman–Crippen MR) is 99.8 cm³/mol. The van der Waals surface area contributed by atoms with Crippen molar-refractivity contribution >= 4 is 27.3 Å². The Morgan fingerprint density at radius 3 is 2.28 bits per heavy atom. The van der Waals surface area contributed by atoms with Crippen LogP contribution in [0.1, 0.15) is 12.5 Å². The molecule has 6 nitrogen and oxygen atoms in total. The van der Waals surface area contributed by atoms with Crippen molar-refractivity contribution in [3.05, 3.63) is 53.8 Å². The maximum Gasteiger partial charge on any atom is 0.419 e. The van der Waals surface area contributed by atoms with Gasteiger partial charge in [0.05, 0.1) is 17.5 Å². The lowest BCUT2D eigenvalue weighted by Crippen LogP contribution is -2.29. The van der Waals surface area contributed by atoms with Crippen molar-refractivity contribution in [1.82, 2.24) is 0 Å². The van der Waals surface area contributed by atoms with E-state index in [4.69, 9.17) is 4.74 Å². The van der Waals surface area contributed by atoms with Gasteiger partial charge in [0.2, 0.25) is 10.0 Å². The molecule has 158 valence electrons. The highest BCUT2D eigenvalue weighted by atomic mass is 32.2.